The van der Waals surface area contributed by atoms with Gasteiger partial charge in [-0.1, -0.05) is 12.1 Å². The highest BCUT2D eigenvalue weighted by Crippen LogP contribution is 2.08. The van der Waals surface area contributed by atoms with Gasteiger partial charge < -0.3 is 14.1 Å². The normalized spacial score (nSPS) is 10.8. The summed E-state index contributed by atoms with van der Waals surface area (Å²) in [7, 11) is 0. The van der Waals surface area contributed by atoms with E-state index in [0.717, 1.165) is 22.6 Å². The lowest BCUT2D eigenvalue weighted by atomic mass is 10.3. The number of nitrogens with zero attached hydrogens (tertiary/aromatic N) is 2. The third-order valence-corrected chi connectivity index (χ3v) is 2.65. The van der Waals surface area contributed by atoms with E-state index in [4.69, 9.17) is 16.7 Å². The molecule has 5 heteroatoms. The van der Waals surface area contributed by atoms with Crippen LogP contribution in [0, 0.1) is 11.7 Å². The van der Waals surface area contributed by atoms with Gasteiger partial charge in [0, 0.05) is 18.0 Å². The fourth-order valence-electron chi connectivity index (χ4n) is 1.55. The number of imidazole rings is 1. The third kappa shape index (κ3) is 2.02. The summed E-state index contributed by atoms with van der Waals surface area (Å²) in [5.41, 5.74) is 2.08. The Morgan fingerprint density at radius 3 is 3.00 bits per heavy atom. The van der Waals surface area contributed by atoms with E-state index in [1.54, 1.807) is 0 Å². The van der Waals surface area contributed by atoms with Crippen LogP contribution in [0.25, 0.3) is 0 Å². The lowest BCUT2D eigenvalue weighted by molar-refractivity contribution is 0.388. The van der Waals surface area contributed by atoms with Crippen molar-refractivity contribution < 1.29 is 4.52 Å². The van der Waals surface area contributed by atoms with E-state index in [1.165, 1.54) is 5.69 Å². The van der Waals surface area contributed by atoms with Crippen LogP contribution in [0.15, 0.2) is 16.8 Å². The van der Waals surface area contributed by atoms with Crippen molar-refractivity contribution in [3.8, 4) is 0 Å². The summed E-state index contributed by atoms with van der Waals surface area (Å²) in [5, 5.41) is 3.95. The molecular weight excluding hydrogens is 210 g/mol. The fraction of sp³-hybridized carbons (Fsp3) is 0.400. The quantitative estimate of drug-likeness (QED) is 0.813. The number of nitrogens with one attached hydrogen (secondary N) is 1. The average Bonchev–Trinajstić information content (AvgIpc) is 2.76. The first-order valence-electron chi connectivity index (χ1n) is 4.90. The van der Waals surface area contributed by atoms with Gasteiger partial charge in [-0.3, -0.25) is 0 Å². The van der Waals surface area contributed by atoms with Gasteiger partial charge in [0.1, 0.15) is 11.5 Å². The van der Waals surface area contributed by atoms with Gasteiger partial charge in [0.2, 0.25) is 0 Å². The summed E-state index contributed by atoms with van der Waals surface area (Å²) >= 11 is 5.19. The zero-order chi connectivity index (χ0) is 10.8. The molecule has 2 aromatic heterocycles. The Morgan fingerprint density at radius 2 is 2.40 bits per heavy atom. The summed E-state index contributed by atoms with van der Waals surface area (Å²) in [5.74, 6) is 0.824. The number of aromatic nitrogens is 3. The standard InChI is InChI=1S/C10H13N3OS/c1-3-9-5-11-10(15)13(9)6-8-4-7(2)14-12-8/h4-5H,3,6H2,1-2H3,(H,11,15). The molecule has 2 heterocycles. The number of H-pyrrole nitrogens is 1. The minimum Gasteiger partial charge on any atom is -0.361 e. The molecule has 0 aliphatic heterocycles. The summed E-state index contributed by atoms with van der Waals surface area (Å²) in [6, 6.07) is 1.92. The Bertz CT molecular complexity index is 509. The Balaban J connectivity index is 2.31. The van der Waals surface area contributed by atoms with Crippen LogP contribution in [0.1, 0.15) is 24.1 Å². The van der Waals surface area contributed by atoms with Gasteiger partial charge >= 0.3 is 0 Å². The van der Waals surface area contributed by atoms with Gasteiger partial charge in [-0.25, -0.2) is 0 Å². The van der Waals surface area contributed by atoms with Crippen LogP contribution in [-0.4, -0.2) is 14.7 Å². The fourth-order valence-corrected chi connectivity index (χ4v) is 1.79. The first-order chi connectivity index (χ1) is 7.20. The molecule has 0 aliphatic carbocycles. The maximum Gasteiger partial charge on any atom is 0.177 e. The summed E-state index contributed by atoms with van der Waals surface area (Å²) in [4.78, 5) is 3.03. The zero-order valence-corrected chi connectivity index (χ0v) is 9.60. The molecular formula is C10H13N3OS. The molecule has 80 valence electrons. The van der Waals surface area contributed by atoms with Crippen molar-refractivity contribution in [3.05, 3.63) is 34.2 Å². The molecule has 0 bridgehead atoms. The molecule has 0 saturated heterocycles. The molecule has 0 saturated carbocycles. The zero-order valence-electron chi connectivity index (χ0n) is 8.78. The molecule has 2 aromatic rings. The molecule has 15 heavy (non-hydrogen) atoms. The summed E-state index contributed by atoms with van der Waals surface area (Å²) < 4.78 is 7.78. The highest BCUT2D eigenvalue weighted by Gasteiger charge is 2.06. The van der Waals surface area contributed by atoms with Crippen LogP contribution in [0.4, 0.5) is 0 Å². The smallest absolute Gasteiger partial charge is 0.177 e. The number of aromatic amines is 1. The minimum atomic E-state index is 0.669. The number of hydrogen-bond acceptors (Lipinski definition) is 3. The van der Waals surface area contributed by atoms with E-state index in [2.05, 4.69) is 17.1 Å². The van der Waals surface area contributed by atoms with Crippen LogP contribution in [0.5, 0.6) is 0 Å². The van der Waals surface area contributed by atoms with Gasteiger partial charge in [-0.15, -0.1) is 0 Å². The molecule has 0 unspecified atom stereocenters. The highest BCUT2D eigenvalue weighted by atomic mass is 32.1. The Kier molecular flexibility index (Phi) is 2.73. The van der Waals surface area contributed by atoms with E-state index < -0.39 is 0 Å². The topological polar surface area (TPSA) is 46.8 Å². The van der Waals surface area contributed by atoms with E-state index in [0.29, 0.717) is 6.54 Å². The summed E-state index contributed by atoms with van der Waals surface area (Å²) in [6.07, 6.45) is 2.89. The van der Waals surface area contributed by atoms with Gasteiger partial charge in [0.15, 0.2) is 4.77 Å². The van der Waals surface area contributed by atoms with Gasteiger partial charge in [0.25, 0.3) is 0 Å². The third-order valence-electron chi connectivity index (χ3n) is 2.31. The number of hydrogen-bond donors (Lipinski definition) is 1. The highest BCUT2D eigenvalue weighted by molar-refractivity contribution is 7.71. The van der Waals surface area contributed by atoms with E-state index in [-0.39, 0.29) is 0 Å². The molecule has 0 amide bonds. The Hall–Kier alpha value is -1.36. The van der Waals surface area contributed by atoms with Crippen LogP contribution in [0.3, 0.4) is 0 Å². The van der Waals surface area contributed by atoms with Crippen LogP contribution in [0.2, 0.25) is 0 Å². The van der Waals surface area contributed by atoms with Gasteiger partial charge in [-0.05, 0) is 25.6 Å². The average molecular weight is 223 g/mol. The van der Waals surface area contributed by atoms with Crippen LogP contribution < -0.4 is 0 Å². The summed E-state index contributed by atoms with van der Waals surface area (Å²) in [6.45, 7) is 4.65. The molecule has 0 radical (unpaired) electrons. The first-order valence-corrected chi connectivity index (χ1v) is 5.31. The Labute approximate surface area is 92.9 Å². The van der Waals surface area contributed by atoms with Crippen molar-refractivity contribution in [1.29, 1.82) is 0 Å². The van der Waals surface area contributed by atoms with Crippen molar-refractivity contribution >= 4 is 12.2 Å². The largest absolute Gasteiger partial charge is 0.361 e. The van der Waals surface area contributed by atoms with Crippen molar-refractivity contribution in [2.45, 2.75) is 26.8 Å². The Morgan fingerprint density at radius 1 is 1.60 bits per heavy atom. The second-order valence-corrected chi connectivity index (χ2v) is 3.84. The van der Waals surface area contributed by atoms with Crippen LogP contribution in [-0.2, 0) is 13.0 Å². The van der Waals surface area contributed by atoms with E-state index >= 15 is 0 Å². The van der Waals surface area contributed by atoms with Crippen molar-refractivity contribution in [2.24, 2.45) is 0 Å². The number of aryl methyl sites for hydroxylation is 2. The van der Waals surface area contributed by atoms with E-state index in [1.807, 2.05) is 23.8 Å². The minimum absolute atomic E-state index is 0.669. The molecule has 1 N–H and O–H groups in total. The molecule has 0 aromatic carbocycles. The number of rotatable bonds is 3. The molecule has 2 rings (SSSR count). The second-order valence-electron chi connectivity index (χ2n) is 3.45. The molecule has 0 aliphatic rings. The van der Waals surface area contributed by atoms with Crippen LogP contribution >= 0.6 is 12.2 Å². The van der Waals surface area contributed by atoms with Crippen molar-refractivity contribution in [3.63, 3.8) is 0 Å². The maximum atomic E-state index is 5.19. The lowest BCUT2D eigenvalue weighted by Gasteiger charge is -2.02. The predicted octanol–water partition coefficient (Wildman–Crippen LogP) is 2.45. The lowest BCUT2D eigenvalue weighted by Crippen LogP contribution is -2.03. The van der Waals surface area contributed by atoms with Gasteiger partial charge in [-0.2, -0.15) is 0 Å². The SMILES string of the molecule is CCc1c[nH]c(=S)n1Cc1cc(C)on1. The maximum absolute atomic E-state index is 5.19. The molecule has 0 atom stereocenters. The van der Waals surface area contributed by atoms with Crippen molar-refractivity contribution in [1.82, 2.24) is 14.7 Å². The van der Waals surface area contributed by atoms with Gasteiger partial charge in [0.05, 0.1) is 6.54 Å². The van der Waals surface area contributed by atoms with Crippen molar-refractivity contribution in [2.75, 3.05) is 0 Å². The first kappa shape index (κ1) is 10.2. The molecule has 0 spiro atoms. The van der Waals surface area contributed by atoms with E-state index in [9.17, 15) is 0 Å². The second kappa shape index (κ2) is 4.02. The molecule has 4 nitrogen and oxygen atoms in total. The monoisotopic (exact) mass is 223 g/mol. The molecule has 0 fully saturated rings. The predicted molar refractivity (Wildman–Crippen MR) is 59.3 cm³/mol.